The molecule has 0 aliphatic carbocycles. The first kappa shape index (κ1) is 15.3. The molecule has 0 bridgehead atoms. The number of hydrogen-bond acceptors (Lipinski definition) is 3. The zero-order valence-corrected chi connectivity index (χ0v) is 12.2. The topological polar surface area (TPSA) is 34.9 Å². The van der Waals surface area contributed by atoms with E-state index in [1.807, 2.05) is 6.92 Å². The highest BCUT2D eigenvalue weighted by molar-refractivity contribution is 7.80. The average Bonchev–Trinajstić information content (AvgIpc) is 2.36. The molecule has 1 aromatic rings. The van der Waals surface area contributed by atoms with Crippen molar-refractivity contribution in [1.82, 2.24) is 9.78 Å². The fourth-order valence-electron chi connectivity index (χ4n) is 1.97. The third kappa shape index (κ3) is 6.24. The van der Waals surface area contributed by atoms with Crippen LogP contribution in [0.3, 0.4) is 0 Å². The number of unbranched alkanes of at least 4 members (excludes halogenated alkanes) is 6. The molecule has 0 N–H and O–H groups in total. The zero-order chi connectivity index (χ0) is 13.2. The average molecular weight is 268 g/mol. The molecular formula is C14H24N2OS. The third-order valence-electron chi connectivity index (χ3n) is 3.03. The maximum atomic E-state index is 11.5. The minimum absolute atomic E-state index is 0.00868. The van der Waals surface area contributed by atoms with E-state index in [1.54, 1.807) is 16.8 Å². The smallest absolute Gasteiger partial charge is 0.266 e. The lowest BCUT2D eigenvalue weighted by Crippen LogP contribution is -2.22. The number of rotatable bonds is 9. The Balaban J connectivity index is 2.11. The molecule has 0 atom stereocenters. The molecule has 0 saturated heterocycles. The number of aryl methyl sites for hydroxylation is 2. The first-order chi connectivity index (χ1) is 8.74. The van der Waals surface area contributed by atoms with E-state index in [0.29, 0.717) is 0 Å². The van der Waals surface area contributed by atoms with Crippen molar-refractivity contribution in [2.24, 2.45) is 0 Å². The van der Waals surface area contributed by atoms with Gasteiger partial charge in [0.1, 0.15) is 0 Å². The van der Waals surface area contributed by atoms with Gasteiger partial charge in [-0.05, 0) is 31.6 Å². The van der Waals surface area contributed by atoms with Crippen molar-refractivity contribution >= 4 is 12.6 Å². The Kier molecular flexibility index (Phi) is 7.81. The van der Waals surface area contributed by atoms with Crippen molar-refractivity contribution < 1.29 is 0 Å². The maximum Gasteiger partial charge on any atom is 0.266 e. The molecule has 1 aromatic heterocycles. The van der Waals surface area contributed by atoms with E-state index in [4.69, 9.17) is 0 Å². The van der Waals surface area contributed by atoms with Crippen LogP contribution < -0.4 is 5.56 Å². The van der Waals surface area contributed by atoms with E-state index in [-0.39, 0.29) is 5.56 Å². The van der Waals surface area contributed by atoms with E-state index < -0.39 is 0 Å². The van der Waals surface area contributed by atoms with Crippen LogP contribution in [0.2, 0.25) is 0 Å². The van der Waals surface area contributed by atoms with E-state index in [2.05, 4.69) is 17.7 Å². The molecule has 0 aromatic carbocycles. The monoisotopic (exact) mass is 268 g/mol. The molecule has 0 saturated carbocycles. The minimum Gasteiger partial charge on any atom is -0.268 e. The highest BCUT2D eigenvalue weighted by Gasteiger charge is 1.97. The van der Waals surface area contributed by atoms with E-state index in [9.17, 15) is 4.79 Å². The summed E-state index contributed by atoms with van der Waals surface area (Å²) in [6.45, 7) is 2.66. The molecule has 0 amide bonds. The first-order valence-corrected chi connectivity index (χ1v) is 7.53. The lowest BCUT2D eigenvalue weighted by molar-refractivity contribution is 0.503. The van der Waals surface area contributed by atoms with Crippen molar-refractivity contribution in [3.05, 3.63) is 28.2 Å². The summed E-state index contributed by atoms with van der Waals surface area (Å²) in [7, 11) is 0. The Morgan fingerprint density at radius 2 is 1.67 bits per heavy atom. The largest absolute Gasteiger partial charge is 0.268 e. The van der Waals surface area contributed by atoms with Gasteiger partial charge in [0.15, 0.2) is 0 Å². The van der Waals surface area contributed by atoms with Gasteiger partial charge in [-0.2, -0.15) is 17.7 Å². The fraction of sp³-hybridized carbons (Fsp3) is 0.714. The van der Waals surface area contributed by atoms with Gasteiger partial charge < -0.3 is 0 Å². The molecule has 0 aliphatic heterocycles. The van der Waals surface area contributed by atoms with Crippen LogP contribution in [0.5, 0.6) is 0 Å². The van der Waals surface area contributed by atoms with Gasteiger partial charge in [-0.3, -0.25) is 4.79 Å². The quantitative estimate of drug-likeness (QED) is 0.551. The number of thiol groups is 1. The Bertz CT molecular complexity index is 390. The van der Waals surface area contributed by atoms with Crippen LogP contribution in [0.1, 0.15) is 50.6 Å². The van der Waals surface area contributed by atoms with Crippen LogP contribution in [0.15, 0.2) is 16.9 Å². The predicted molar refractivity (Wildman–Crippen MR) is 79.4 cm³/mol. The summed E-state index contributed by atoms with van der Waals surface area (Å²) >= 11 is 4.20. The second kappa shape index (κ2) is 9.20. The normalized spacial score (nSPS) is 10.8. The second-order valence-electron chi connectivity index (χ2n) is 4.73. The Morgan fingerprint density at radius 3 is 2.33 bits per heavy atom. The van der Waals surface area contributed by atoms with Crippen molar-refractivity contribution in [3.8, 4) is 0 Å². The molecule has 1 heterocycles. The highest BCUT2D eigenvalue weighted by Crippen LogP contribution is 2.07. The lowest BCUT2D eigenvalue weighted by atomic mass is 10.1. The number of nitrogens with zero attached hydrogens (tertiary/aromatic N) is 2. The highest BCUT2D eigenvalue weighted by atomic mass is 32.1. The minimum atomic E-state index is 0.00868. The van der Waals surface area contributed by atoms with Gasteiger partial charge in [0.05, 0.1) is 5.69 Å². The molecule has 18 heavy (non-hydrogen) atoms. The van der Waals surface area contributed by atoms with Crippen LogP contribution in [-0.2, 0) is 6.54 Å². The summed E-state index contributed by atoms with van der Waals surface area (Å²) in [4.78, 5) is 11.5. The van der Waals surface area contributed by atoms with Gasteiger partial charge >= 0.3 is 0 Å². The molecule has 0 fully saturated rings. The SMILES string of the molecule is Cc1ccc(=O)n(CCCCCCCCCS)n1. The van der Waals surface area contributed by atoms with Gasteiger partial charge in [0, 0.05) is 12.6 Å². The van der Waals surface area contributed by atoms with E-state index in [1.165, 1.54) is 38.5 Å². The Labute approximate surface area is 115 Å². The molecule has 0 spiro atoms. The zero-order valence-electron chi connectivity index (χ0n) is 11.3. The van der Waals surface area contributed by atoms with Crippen molar-refractivity contribution in [3.63, 3.8) is 0 Å². The predicted octanol–water partition coefficient (Wildman–Crippen LogP) is 3.21. The third-order valence-corrected chi connectivity index (χ3v) is 3.34. The molecule has 102 valence electrons. The molecule has 3 nitrogen and oxygen atoms in total. The first-order valence-electron chi connectivity index (χ1n) is 6.89. The molecule has 0 unspecified atom stereocenters. The Hall–Kier alpha value is -0.770. The van der Waals surface area contributed by atoms with Crippen molar-refractivity contribution in [2.75, 3.05) is 5.75 Å². The summed E-state index contributed by atoms with van der Waals surface area (Å²) in [5.74, 6) is 1.00. The molecule has 0 aliphatic rings. The summed E-state index contributed by atoms with van der Waals surface area (Å²) in [5.41, 5.74) is 0.913. The molecule has 0 radical (unpaired) electrons. The van der Waals surface area contributed by atoms with E-state index in [0.717, 1.165) is 24.4 Å². The summed E-state index contributed by atoms with van der Waals surface area (Å²) in [6.07, 6.45) is 8.61. The van der Waals surface area contributed by atoms with Gasteiger partial charge in [0.2, 0.25) is 0 Å². The van der Waals surface area contributed by atoms with Crippen LogP contribution >= 0.6 is 12.6 Å². The Morgan fingerprint density at radius 1 is 1.06 bits per heavy atom. The lowest BCUT2D eigenvalue weighted by Gasteiger charge is -2.05. The molecule has 4 heteroatoms. The maximum absolute atomic E-state index is 11.5. The molecule has 1 rings (SSSR count). The number of aromatic nitrogens is 2. The fourth-order valence-corrected chi connectivity index (χ4v) is 2.19. The summed E-state index contributed by atoms with van der Waals surface area (Å²) < 4.78 is 1.58. The van der Waals surface area contributed by atoms with Crippen LogP contribution in [-0.4, -0.2) is 15.5 Å². The van der Waals surface area contributed by atoms with Crippen LogP contribution in [0.25, 0.3) is 0 Å². The van der Waals surface area contributed by atoms with Gasteiger partial charge in [-0.25, -0.2) is 4.68 Å². The molecular weight excluding hydrogens is 244 g/mol. The second-order valence-corrected chi connectivity index (χ2v) is 5.18. The van der Waals surface area contributed by atoms with Gasteiger partial charge in [-0.1, -0.05) is 32.1 Å². The standard InChI is InChI=1S/C14H24N2OS/c1-13-9-10-14(17)16(15-13)11-7-5-3-2-4-6-8-12-18/h9-10,18H,2-8,11-12H2,1H3. The van der Waals surface area contributed by atoms with Crippen LogP contribution in [0.4, 0.5) is 0 Å². The summed E-state index contributed by atoms with van der Waals surface area (Å²) in [5, 5.41) is 4.23. The van der Waals surface area contributed by atoms with Gasteiger partial charge in [-0.15, -0.1) is 0 Å². The van der Waals surface area contributed by atoms with Gasteiger partial charge in [0.25, 0.3) is 5.56 Å². The summed E-state index contributed by atoms with van der Waals surface area (Å²) in [6, 6.07) is 3.36. The number of hydrogen-bond donors (Lipinski definition) is 1. The van der Waals surface area contributed by atoms with Crippen LogP contribution in [0, 0.1) is 6.92 Å². The van der Waals surface area contributed by atoms with Crippen molar-refractivity contribution in [1.29, 1.82) is 0 Å². The van der Waals surface area contributed by atoms with Crippen molar-refractivity contribution in [2.45, 2.75) is 58.4 Å². The van der Waals surface area contributed by atoms with E-state index >= 15 is 0 Å².